The first-order valence-corrected chi connectivity index (χ1v) is 5.76. The fourth-order valence-corrected chi connectivity index (χ4v) is 1.57. The van der Waals surface area contributed by atoms with Crippen molar-refractivity contribution in [3.05, 3.63) is 35.9 Å². The van der Waals surface area contributed by atoms with Crippen LogP contribution >= 0.6 is 0 Å². The molecule has 88 valence electrons. The summed E-state index contributed by atoms with van der Waals surface area (Å²) in [5, 5.41) is 9.79. The number of hydrogen-bond donors (Lipinski definition) is 1. The van der Waals surface area contributed by atoms with Crippen LogP contribution in [0.5, 0.6) is 5.75 Å². The topological polar surface area (TPSA) is 58.9 Å². The Balaban J connectivity index is 2.55. The summed E-state index contributed by atoms with van der Waals surface area (Å²) in [5.41, 5.74) is 0.652. The first-order valence-electron chi connectivity index (χ1n) is 5.76. The summed E-state index contributed by atoms with van der Waals surface area (Å²) in [6, 6.07) is 7.08. The molecular weight excluding hydrogens is 214 g/mol. The van der Waals surface area contributed by atoms with Gasteiger partial charge < -0.3 is 5.11 Å². The van der Waals surface area contributed by atoms with E-state index < -0.39 is 0 Å². The van der Waals surface area contributed by atoms with E-state index in [1.165, 1.54) is 0 Å². The number of aromatic hydroxyl groups is 1. The number of para-hydroxylation sites is 1. The van der Waals surface area contributed by atoms with E-state index in [1.807, 2.05) is 26.0 Å². The highest BCUT2D eigenvalue weighted by Gasteiger charge is 2.09. The minimum atomic E-state index is 0.197. The standard InChI is InChI=1S/C13H15N3O/c1-3-11-14-12(4-2)16-13(15-11)9-7-5-6-8-10(9)17/h5-8,17H,3-4H2,1-2H3. The molecule has 0 aliphatic heterocycles. The SMILES string of the molecule is CCc1nc(CC)nc(-c2ccccc2O)n1. The molecule has 0 saturated carbocycles. The van der Waals surface area contributed by atoms with Crippen molar-refractivity contribution in [1.29, 1.82) is 0 Å². The average Bonchev–Trinajstić information content (AvgIpc) is 2.38. The Bertz CT molecular complexity index is 504. The van der Waals surface area contributed by atoms with Gasteiger partial charge in [-0.3, -0.25) is 0 Å². The predicted molar refractivity (Wildman–Crippen MR) is 65.7 cm³/mol. The second-order valence-corrected chi connectivity index (χ2v) is 3.72. The van der Waals surface area contributed by atoms with Gasteiger partial charge in [0, 0.05) is 12.8 Å². The number of benzene rings is 1. The van der Waals surface area contributed by atoms with Gasteiger partial charge in [0.1, 0.15) is 17.4 Å². The number of hydrogen-bond acceptors (Lipinski definition) is 4. The molecule has 0 radical (unpaired) electrons. The smallest absolute Gasteiger partial charge is 0.167 e. The van der Waals surface area contributed by atoms with Crippen LogP contribution in [-0.2, 0) is 12.8 Å². The van der Waals surface area contributed by atoms with Crippen molar-refractivity contribution < 1.29 is 5.11 Å². The molecule has 0 saturated heterocycles. The fraction of sp³-hybridized carbons (Fsp3) is 0.308. The summed E-state index contributed by atoms with van der Waals surface area (Å²) in [7, 11) is 0. The fourth-order valence-electron chi connectivity index (χ4n) is 1.57. The van der Waals surface area contributed by atoms with Crippen molar-refractivity contribution in [3.63, 3.8) is 0 Å². The minimum Gasteiger partial charge on any atom is -0.507 e. The van der Waals surface area contributed by atoms with E-state index in [1.54, 1.807) is 12.1 Å². The number of phenols is 1. The van der Waals surface area contributed by atoms with Gasteiger partial charge in [-0.25, -0.2) is 15.0 Å². The van der Waals surface area contributed by atoms with Crippen LogP contribution in [-0.4, -0.2) is 20.1 Å². The van der Waals surface area contributed by atoms with Crippen LogP contribution in [0.2, 0.25) is 0 Å². The Morgan fingerprint density at radius 1 is 0.941 bits per heavy atom. The van der Waals surface area contributed by atoms with E-state index in [0.717, 1.165) is 24.5 Å². The van der Waals surface area contributed by atoms with E-state index in [4.69, 9.17) is 0 Å². The normalized spacial score (nSPS) is 10.5. The first-order chi connectivity index (χ1) is 8.24. The van der Waals surface area contributed by atoms with Gasteiger partial charge >= 0.3 is 0 Å². The molecule has 0 bridgehead atoms. The van der Waals surface area contributed by atoms with Crippen molar-refractivity contribution in [1.82, 2.24) is 15.0 Å². The maximum Gasteiger partial charge on any atom is 0.167 e. The molecular formula is C13H15N3O. The van der Waals surface area contributed by atoms with E-state index in [2.05, 4.69) is 15.0 Å². The highest BCUT2D eigenvalue weighted by molar-refractivity contribution is 5.63. The molecule has 1 aromatic carbocycles. The predicted octanol–water partition coefficient (Wildman–Crippen LogP) is 2.37. The molecule has 0 atom stereocenters. The molecule has 0 unspecified atom stereocenters. The second-order valence-electron chi connectivity index (χ2n) is 3.72. The number of rotatable bonds is 3. The Hall–Kier alpha value is -1.97. The Morgan fingerprint density at radius 3 is 2.06 bits per heavy atom. The van der Waals surface area contributed by atoms with E-state index in [-0.39, 0.29) is 5.75 Å². The van der Waals surface area contributed by atoms with Crippen LogP contribution < -0.4 is 0 Å². The zero-order valence-corrected chi connectivity index (χ0v) is 10.0. The van der Waals surface area contributed by atoms with Crippen LogP contribution in [0.1, 0.15) is 25.5 Å². The van der Waals surface area contributed by atoms with Gasteiger partial charge in [-0.05, 0) is 12.1 Å². The molecule has 0 fully saturated rings. The van der Waals surface area contributed by atoms with Gasteiger partial charge in [0.2, 0.25) is 0 Å². The van der Waals surface area contributed by atoms with Crippen LogP contribution in [0.4, 0.5) is 0 Å². The second kappa shape index (κ2) is 4.91. The molecule has 0 amide bonds. The Labute approximate surface area is 100 Å². The van der Waals surface area contributed by atoms with Crippen molar-refractivity contribution in [2.45, 2.75) is 26.7 Å². The third-order valence-corrected chi connectivity index (χ3v) is 2.51. The Kier molecular flexibility index (Phi) is 3.32. The van der Waals surface area contributed by atoms with Gasteiger partial charge in [0.15, 0.2) is 5.82 Å². The summed E-state index contributed by atoms with van der Waals surface area (Å²) < 4.78 is 0. The van der Waals surface area contributed by atoms with E-state index in [0.29, 0.717) is 11.4 Å². The number of phenolic OH excluding ortho intramolecular Hbond substituents is 1. The molecule has 0 spiro atoms. The molecule has 2 aromatic rings. The molecule has 2 rings (SSSR count). The van der Waals surface area contributed by atoms with E-state index in [9.17, 15) is 5.11 Å². The largest absolute Gasteiger partial charge is 0.507 e. The van der Waals surface area contributed by atoms with Crippen molar-refractivity contribution in [3.8, 4) is 17.1 Å². The molecule has 17 heavy (non-hydrogen) atoms. The summed E-state index contributed by atoms with van der Waals surface area (Å²) in [6.45, 7) is 4.01. The van der Waals surface area contributed by atoms with Crippen molar-refractivity contribution >= 4 is 0 Å². The van der Waals surface area contributed by atoms with Gasteiger partial charge in [-0.15, -0.1) is 0 Å². The molecule has 4 nitrogen and oxygen atoms in total. The zero-order valence-electron chi connectivity index (χ0n) is 10.0. The highest BCUT2D eigenvalue weighted by atomic mass is 16.3. The van der Waals surface area contributed by atoms with E-state index >= 15 is 0 Å². The molecule has 4 heteroatoms. The van der Waals surface area contributed by atoms with Crippen molar-refractivity contribution in [2.24, 2.45) is 0 Å². The third kappa shape index (κ3) is 2.41. The zero-order chi connectivity index (χ0) is 12.3. The molecule has 1 N–H and O–H groups in total. The van der Waals surface area contributed by atoms with Crippen LogP contribution in [0.15, 0.2) is 24.3 Å². The van der Waals surface area contributed by atoms with Crippen LogP contribution in [0.25, 0.3) is 11.4 Å². The van der Waals surface area contributed by atoms with Gasteiger partial charge in [-0.2, -0.15) is 0 Å². The number of aryl methyl sites for hydroxylation is 2. The summed E-state index contributed by atoms with van der Waals surface area (Å²) in [6.07, 6.45) is 1.52. The van der Waals surface area contributed by atoms with Gasteiger partial charge in [-0.1, -0.05) is 26.0 Å². The first kappa shape index (κ1) is 11.5. The van der Waals surface area contributed by atoms with Gasteiger partial charge in [0.05, 0.1) is 5.56 Å². The molecule has 0 aliphatic rings. The summed E-state index contributed by atoms with van der Waals surface area (Å²) >= 11 is 0. The lowest BCUT2D eigenvalue weighted by molar-refractivity contribution is 0.477. The highest BCUT2D eigenvalue weighted by Crippen LogP contribution is 2.25. The van der Waals surface area contributed by atoms with Crippen molar-refractivity contribution in [2.75, 3.05) is 0 Å². The lowest BCUT2D eigenvalue weighted by Gasteiger charge is -2.06. The molecule has 1 heterocycles. The average molecular weight is 229 g/mol. The maximum absolute atomic E-state index is 9.79. The van der Waals surface area contributed by atoms with Gasteiger partial charge in [0.25, 0.3) is 0 Å². The van der Waals surface area contributed by atoms with Crippen LogP contribution in [0.3, 0.4) is 0 Å². The minimum absolute atomic E-state index is 0.197. The molecule has 1 aromatic heterocycles. The lowest BCUT2D eigenvalue weighted by atomic mass is 10.2. The number of aromatic nitrogens is 3. The quantitative estimate of drug-likeness (QED) is 0.877. The summed E-state index contributed by atoms with van der Waals surface area (Å²) in [5.74, 6) is 2.26. The maximum atomic E-state index is 9.79. The van der Waals surface area contributed by atoms with Crippen LogP contribution in [0, 0.1) is 0 Å². The Morgan fingerprint density at radius 2 is 1.53 bits per heavy atom. The third-order valence-electron chi connectivity index (χ3n) is 2.51. The lowest BCUT2D eigenvalue weighted by Crippen LogP contribution is -2.03. The number of nitrogens with zero attached hydrogens (tertiary/aromatic N) is 3. The molecule has 0 aliphatic carbocycles. The monoisotopic (exact) mass is 229 g/mol. The summed E-state index contributed by atoms with van der Waals surface area (Å²) in [4.78, 5) is 13.0.